The minimum Gasteiger partial charge on any atom is -0.492 e. The van der Waals surface area contributed by atoms with Crippen molar-refractivity contribution in [3.63, 3.8) is 0 Å². The van der Waals surface area contributed by atoms with Gasteiger partial charge in [0.15, 0.2) is 5.76 Å². The van der Waals surface area contributed by atoms with Crippen LogP contribution in [0.4, 0.5) is 5.69 Å². The zero-order chi connectivity index (χ0) is 23.9. The zero-order valence-electron chi connectivity index (χ0n) is 18.5. The van der Waals surface area contributed by atoms with E-state index in [1.54, 1.807) is 18.4 Å². The number of halogens is 2. The van der Waals surface area contributed by atoms with E-state index in [2.05, 4.69) is 54.0 Å². The van der Waals surface area contributed by atoms with Gasteiger partial charge in [-0.1, -0.05) is 57.1 Å². The fourth-order valence-corrected chi connectivity index (χ4v) is 6.27. The van der Waals surface area contributed by atoms with Gasteiger partial charge in [0.05, 0.1) is 17.2 Å². The first-order valence-electron chi connectivity index (χ1n) is 11.2. The van der Waals surface area contributed by atoms with E-state index in [9.17, 15) is 5.11 Å². The third-order valence-electron chi connectivity index (χ3n) is 6.21. The quantitative estimate of drug-likeness (QED) is 0.276. The summed E-state index contributed by atoms with van der Waals surface area (Å²) >= 11 is 11.3. The van der Waals surface area contributed by atoms with E-state index in [4.69, 9.17) is 16.0 Å². The van der Waals surface area contributed by atoms with E-state index >= 15 is 0 Å². The Hall–Kier alpha value is -2.85. The van der Waals surface area contributed by atoms with Gasteiger partial charge in [-0.2, -0.15) is 9.50 Å². The average Bonchev–Trinajstić information content (AvgIpc) is 3.59. The van der Waals surface area contributed by atoms with Crippen LogP contribution in [-0.4, -0.2) is 50.8 Å². The molecule has 0 spiro atoms. The molecule has 1 saturated heterocycles. The van der Waals surface area contributed by atoms with E-state index in [1.165, 1.54) is 15.9 Å². The third-order valence-corrected chi connectivity index (χ3v) is 8.01. The maximum absolute atomic E-state index is 11.3. The van der Waals surface area contributed by atoms with Gasteiger partial charge in [0.25, 0.3) is 0 Å². The predicted molar refractivity (Wildman–Crippen MR) is 141 cm³/mol. The SMILES string of the molecule is Oc1c([C@H](c2cccc(Br)c2)N2CCN(c3cccc(Cl)c3)CC2)sc2nc(-c3ccco3)nn12. The molecule has 35 heavy (non-hydrogen) atoms. The molecule has 1 aliphatic rings. The Morgan fingerprint density at radius 3 is 2.57 bits per heavy atom. The van der Waals surface area contributed by atoms with Crippen molar-refractivity contribution in [3.8, 4) is 17.5 Å². The number of aromatic hydroxyl groups is 1. The lowest BCUT2D eigenvalue weighted by atomic mass is 10.0. The number of rotatable bonds is 5. The van der Waals surface area contributed by atoms with Crippen LogP contribution in [0.15, 0.2) is 75.8 Å². The molecule has 0 saturated carbocycles. The molecular formula is C25H21BrClN5O2S. The summed E-state index contributed by atoms with van der Waals surface area (Å²) in [6, 6.07) is 19.7. The van der Waals surface area contributed by atoms with Crippen LogP contribution in [0.2, 0.25) is 5.02 Å². The number of furan rings is 1. The van der Waals surface area contributed by atoms with Crippen LogP contribution in [0.1, 0.15) is 16.5 Å². The van der Waals surface area contributed by atoms with Gasteiger partial charge < -0.3 is 14.4 Å². The molecule has 0 bridgehead atoms. The standard InChI is InChI=1S/C25H21BrClN5O2S/c26-17-5-1-4-16(14-17)21(31-11-9-30(10-12-31)19-7-2-6-18(27)15-19)22-24(33)32-25(35-22)28-23(29-32)20-8-3-13-34-20/h1-8,13-15,21,33H,9-12H2/t21-/m0/s1. The normalized spacial score (nSPS) is 15.7. The Kier molecular flexibility index (Phi) is 6.01. The fraction of sp³-hybridized carbons (Fsp3) is 0.200. The van der Waals surface area contributed by atoms with E-state index in [0.717, 1.165) is 51.8 Å². The Balaban J connectivity index is 1.34. The topological polar surface area (TPSA) is 70.0 Å². The van der Waals surface area contributed by atoms with Gasteiger partial charge in [0.2, 0.25) is 16.7 Å². The molecule has 7 nitrogen and oxygen atoms in total. The second-order valence-corrected chi connectivity index (χ2v) is 10.7. The second-order valence-electron chi connectivity index (χ2n) is 8.36. The van der Waals surface area contributed by atoms with Crippen molar-refractivity contribution >= 4 is 49.5 Å². The van der Waals surface area contributed by atoms with Crippen LogP contribution in [0.25, 0.3) is 16.5 Å². The van der Waals surface area contributed by atoms with E-state index in [0.29, 0.717) is 16.5 Å². The molecule has 0 aliphatic carbocycles. The van der Waals surface area contributed by atoms with Crippen molar-refractivity contribution in [3.05, 3.63) is 86.9 Å². The minimum absolute atomic E-state index is 0.109. The zero-order valence-corrected chi connectivity index (χ0v) is 21.7. The van der Waals surface area contributed by atoms with Gasteiger partial charge in [0, 0.05) is 41.4 Å². The van der Waals surface area contributed by atoms with Crippen LogP contribution in [0, 0.1) is 0 Å². The summed E-state index contributed by atoms with van der Waals surface area (Å²) in [5.74, 6) is 1.14. The van der Waals surface area contributed by atoms with Gasteiger partial charge in [-0.3, -0.25) is 4.90 Å². The molecule has 3 aromatic heterocycles. The van der Waals surface area contributed by atoms with Crippen molar-refractivity contribution < 1.29 is 9.52 Å². The van der Waals surface area contributed by atoms with E-state index in [-0.39, 0.29) is 11.9 Å². The largest absolute Gasteiger partial charge is 0.492 e. The maximum atomic E-state index is 11.3. The first-order chi connectivity index (χ1) is 17.1. The van der Waals surface area contributed by atoms with E-state index in [1.807, 2.05) is 30.3 Å². The smallest absolute Gasteiger partial charge is 0.230 e. The van der Waals surface area contributed by atoms with Gasteiger partial charge in [-0.25, -0.2) is 0 Å². The number of benzene rings is 2. The lowest BCUT2D eigenvalue weighted by Gasteiger charge is -2.40. The van der Waals surface area contributed by atoms with E-state index < -0.39 is 0 Å². The number of piperazine rings is 1. The highest BCUT2D eigenvalue weighted by Crippen LogP contribution is 2.41. The van der Waals surface area contributed by atoms with Crippen LogP contribution < -0.4 is 4.90 Å². The highest BCUT2D eigenvalue weighted by molar-refractivity contribution is 9.10. The highest BCUT2D eigenvalue weighted by atomic mass is 79.9. The van der Waals surface area contributed by atoms with Crippen molar-refractivity contribution in [2.45, 2.75) is 6.04 Å². The predicted octanol–water partition coefficient (Wildman–Crippen LogP) is 6.08. The lowest BCUT2D eigenvalue weighted by molar-refractivity contribution is 0.211. The van der Waals surface area contributed by atoms with Crippen LogP contribution >= 0.6 is 38.9 Å². The number of hydrogen-bond acceptors (Lipinski definition) is 7. The molecule has 1 atom stereocenters. The molecule has 10 heteroatoms. The second kappa shape index (κ2) is 9.31. The molecule has 5 aromatic rings. The summed E-state index contributed by atoms with van der Waals surface area (Å²) in [5.41, 5.74) is 2.23. The molecular weight excluding hydrogens is 550 g/mol. The van der Waals surface area contributed by atoms with Crippen molar-refractivity contribution in [2.24, 2.45) is 0 Å². The van der Waals surface area contributed by atoms with Gasteiger partial charge >= 0.3 is 0 Å². The Bertz CT molecular complexity index is 1480. The number of thiazole rings is 1. The molecule has 0 unspecified atom stereocenters. The monoisotopic (exact) mass is 569 g/mol. The summed E-state index contributed by atoms with van der Waals surface area (Å²) in [5, 5.41) is 16.5. The van der Waals surface area contributed by atoms with Crippen LogP contribution in [0.5, 0.6) is 5.88 Å². The fourth-order valence-electron chi connectivity index (χ4n) is 4.55. The number of hydrogen-bond donors (Lipinski definition) is 1. The molecule has 2 aromatic carbocycles. The Morgan fingerprint density at radius 2 is 1.86 bits per heavy atom. The molecule has 178 valence electrons. The van der Waals surface area contributed by atoms with Crippen LogP contribution in [-0.2, 0) is 0 Å². The van der Waals surface area contributed by atoms with Crippen molar-refractivity contribution in [1.82, 2.24) is 19.5 Å². The average molecular weight is 571 g/mol. The first kappa shape index (κ1) is 22.6. The summed E-state index contributed by atoms with van der Waals surface area (Å²) < 4.78 is 7.93. The molecule has 1 fully saturated rings. The molecule has 1 N–H and O–H groups in total. The number of aromatic nitrogens is 3. The summed E-state index contributed by atoms with van der Waals surface area (Å²) in [6.45, 7) is 3.37. The van der Waals surface area contributed by atoms with Crippen molar-refractivity contribution in [2.75, 3.05) is 31.1 Å². The molecule has 0 radical (unpaired) electrons. The number of nitrogens with zero attached hydrogens (tertiary/aromatic N) is 5. The summed E-state index contributed by atoms with van der Waals surface area (Å²) in [7, 11) is 0. The number of fused-ring (bicyclic) bond motifs is 1. The maximum Gasteiger partial charge on any atom is 0.230 e. The van der Waals surface area contributed by atoms with Crippen LogP contribution in [0.3, 0.4) is 0 Å². The molecule has 6 rings (SSSR count). The first-order valence-corrected chi connectivity index (χ1v) is 13.2. The number of anilines is 1. The summed E-state index contributed by atoms with van der Waals surface area (Å²) in [6.07, 6.45) is 1.59. The molecule has 1 aliphatic heterocycles. The summed E-state index contributed by atoms with van der Waals surface area (Å²) in [4.78, 5) is 10.8. The minimum atomic E-state index is -0.130. The van der Waals surface area contributed by atoms with Crippen molar-refractivity contribution in [1.29, 1.82) is 0 Å². The highest BCUT2D eigenvalue weighted by Gasteiger charge is 2.32. The van der Waals surface area contributed by atoms with Gasteiger partial charge in [-0.05, 0) is 48.0 Å². The Labute approximate surface area is 219 Å². The molecule has 4 heterocycles. The Morgan fingerprint density at radius 1 is 1.03 bits per heavy atom. The lowest BCUT2D eigenvalue weighted by Crippen LogP contribution is -2.47. The van der Waals surface area contributed by atoms with Gasteiger partial charge in [0.1, 0.15) is 0 Å². The molecule has 0 amide bonds. The van der Waals surface area contributed by atoms with Gasteiger partial charge in [-0.15, -0.1) is 5.10 Å². The third kappa shape index (κ3) is 4.33.